The molecule has 2 unspecified atom stereocenters. The Hall–Kier alpha value is -2.03. The van der Waals surface area contributed by atoms with Gasteiger partial charge in [0.1, 0.15) is 11.6 Å². The molecule has 2 atom stereocenters. The summed E-state index contributed by atoms with van der Waals surface area (Å²) in [4.78, 5) is 0. The van der Waals surface area contributed by atoms with Gasteiger partial charge < -0.3 is 0 Å². The first-order valence-electron chi connectivity index (χ1n) is 11.5. The van der Waals surface area contributed by atoms with Crippen LogP contribution >= 0.6 is 0 Å². The summed E-state index contributed by atoms with van der Waals surface area (Å²) in [5, 5.41) is 1.68. The van der Waals surface area contributed by atoms with Crippen LogP contribution in [0.4, 0.5) is 8.78 Å². The highest BCUT2D eigenvalue weighted by molar-refractivity contribution is 6.00. The second kappa shape index (κ2) is 6.24. The Bertz CT molecular complexity index is 1150. The maximum absolute atomic E-state index is 15.7. The second-order valence-electron chi connectivity index (χ2n) is 10.2. The zero-order valence-corrected chi connectivity index (χ0v) is 19.0. The van der Waals surface area contributed by atoms with E-state index in [1.165, 1.54) is 0 Å². The van der Waals surface area contributed by atoms with Crippen LogP contribution in [0.15, 0.2) is 35.8 Å². The number of hydrogen-bond donors (Lipinski definition) is 0. The molecule has 158 valence electrons. The fourth-order valence-corrected chi connectivity index (χ4v) is 6.69. The van der Waals surface area contributed by atoms with Crippen molar-refractivity contribution in [2.24, 2.45) is 11.8 Å². The number of aromatic nitrogens is 1. The van der Waals surface area contributed by atoms with Crippen LogP contribution in [0.5, 0.6) is 0 Å². The minimum Gasteiger partial charge on any atom is -0.207 e. The Morgan fingerprint density at radius 1 is 1.17 bits per heavy atom. The molecule has 1 aromatic heterocycles. The van der Waals surface area contributed by atoms with Gasteiger partial charge >= 0.3 is 0 Å². The summed E-state index contributed by atoms with van der Waals surface area (Å²) < 4.78 is 33.4. The van der Waals surface area contributed by atoms with Gasteiger partial charge in [0, 0.05) is 47.3 Å². The Balaban J connectivity index is 2.05. The molecule has 5 rings (SSSR count). The van der Waals surface area contributed by atoms with Crippen molar-refractivity contribution < 1.29 is 13.3 Å². The lowest BCUT2D eigenvalue weighted by Crippen LogP contribution is -2.57. The van der Waals surface area contributed by atoms with Crippen LogP contribution in [-0.2, 0) is 11.0 Å². The fraction of sp³-hybridized carbons (Fsp3) is 0.519. The lowest BCUT2D eigenvalue weighted by molar-refractivity contribution is -0.767. The zero-order valence-electron chi connectivity index (χ0n) is 19.0. The highest BCUT2D eigenvalue weighted by atomic mass is 19.1. The Kier molecular flexibility index (Phi) is 4.14. The molecule has 0 spiro atoms. The summed E-state index contributed by atoms with van der Waals surface area (Å²) in [6, 6.07) is 3.93. The van der Waals surface area contributed by atoms with Crippen molar-refractivity contribution in [1.82, 2.24) is 0 Å². The molecule has 0 N–H and O–H groups in total. The van der Waals surface area contributed by atoms with Gasteiger partial charge in [-0.15, -0.1) is 0 Å². The first kappa shape index (κ1) is 19.9. The maximum atomic E-state index is 15.7. The maximum Gasteiger partial charge on any atom is 0.217 e. The molecule has 0 saturated heterocycles. The molecule has 30 heavy (non-hydrogen) atoms. The van der Waals surface area contributed by atoms with Crippen molar-refractivity contribution in [3.05, 3.63) is 58.4 Å². The Labute approximate surface area is 178 Å². The molecule has 2 heterocycles. The molecule has 2 aromatic rings. The molecule has 3 heteroatoms. The standard InChI is InChI=1S/C27H32F2N/c1-7-27(8-2)11-9-17-15(3)14-20(28)23-22(17)25-21-18(10-12-30(25)27)24(29)16(4)13-19(21)26(23,5)6/h10,12-15,17H,7-9,11H2,1-6H3/q+1. The molecule has 0 fully saturated rings. The van der Waals surface area contributed by atoms with Gasteiger partial charge in [0.2, 0.25) is 5.69 Å². The van der Waals surface area contributed by atoms with E-state index in [1.54, 1.807) is 0 Å². The van der Waals surface area contributed by atoms with E-state index in [0.29, 0.717) is 10.9 Å². The summed E-state index contributed by atoms with van der Waals surface area (Å²) in [5.74, 6) is 0.185. The molecule has 1 aromatic carbocycles. The van der Waals surface area contributed by atoms with Gasteiger partial charge in [-0.3, -0.25) is 0 Å². The third kappa shape index (κ3) is 2.24. The van der Waals surface area contributed by atoms with Crippen LogP contribution in [0.1, 0.15) is 77.1 Å². The SMILES string of the molecule is CCC1(CC)CCC2C3=C(C(F)=CC2C)C(C)(C)c2cc(C)c(F)c4cc[n+]1c3c24. The molecule has 3 aliphatic rings. The average molecular weight is 409 g/mol. The van der Waals surface area contributed by atoms with E-state index in [2.05, 4.69) is 45.4 Å². The van der Waals surface area contributed by atoms with Gasteiger partial charge in [0.25, 0.3) is 0 Å². The largest absolute Gasteiger partial charge is 0.217 e. The van der Waals surface area contributed by atoms with Crippen molar-refractivity contribution in [1.29, 1.82) is 0 Å². The van der Waals surface area contributed by atoms with E-state index in [0.717, 1.165) is 53.5 Å². The third-order valence-electron chi connectivity index (χ3n) is 8.57. The van der Waals surface area contributed by atoms with Crippen LogP contribution in [0, 0.1) is 24.6 Å². The highest BCUT2D eigenvalue weighted by Crippen LogP contribution is 2.57. The van der Waals surface area contributed by atoms with E-state index in [-0.39, 0.29) is 29.0 Å². The molecule has 0 radical (unpaired) electrons. The Morgan fingerprint density at radius 2 is 1.87 bits per heavy atom. The quantitative estimate of drug-likeness (QED) is 0.469. The molecule has 2 aliphatic carbocycles. The van der Waals surface area contributed by atoms with Crippen molar-refractivity contribution in [2.45, 2.75) is 78.2 Å². The van der Waals surface area contributed by atoms with Crippen LogP contribution in [0.3, 0.4) is 0 Å². The first-order chi connectivity index (χ1) is 14.2. The second-order valence-corrected chi connectivity index (χ2v) is 10.2. The van der Waals surface area contributed by atoms with Crippen molar-refractivity contribution in [3.63, 3.8) is 0 Å². The number of pyridine rings is 1. The van der Waals surface area contributed by atoms with Gasteiger partial charge in [-0.2, -0.15) is 4.57 Å². The van der Waals surface area contributed by atoms with Crippen LogP contribution in [0.25, 0.3) is 16.3 Å². The first-order valence-corrected chi connectivity index (χ1v) is 11.5. The number of allylic oxidation sites excluding steroid dienone is 4. The van der Waals surface area contributed by atoms with E-state index < -0.39 is 5.41 Å². The number of rotatable bonds is 2. The van der Waals surface area contributed by atoms with Gasteiger partial charge in [-0.1, -0.05) is 40.7 Å². The van der Waals surface area contributed by atoms with Gasteiger partial charge in [0.15, 0.2) is 11.7 Å². The van der Waals surface area contributed by atoms with Gasteiger partial charge in [-0.25, -0.2) is 8.78 Å². The lowest BCUT2D eigenvalue weighted by Gasteiger charge is -2.40. The summed E-state index contributed by atoms with van der Waals surface area (Å²) in [7, 11) is 0. The van der Waals surface area contributed by atoms with Crippen LogP contribution in [-0.4, -0.2) is 0 Å². The number of benzene rings is 1. The van der Waals surface area contributed by atoms with E-state index >= 15 is 8.78 Å². The molecule has 1 nitrogen and oxygen atoms in total. The fourth-order valence-electron chi connectivity index (χ4n) is 6.69. The predicted octanol–water partition coefficient (Wildman–Crippen LogP) is 7.05. The van der Waals surface area contributed by atoms with Crippen LogP contribution in [0.2, 0.25) is 0 Å². The minimum absolute atomic E-state index is 0.0186. The van der Waals surface area contributed by atoms with Gasteiger partial charge in [-0.05, 0) is 42.4 Å². The Morgan fingerprint density at radius 3 is 2.53 bits per heavy atom. The monoisotopic (exact) mass is 408 g/mol. The zero-order chi connectivity index (χ0) is 21.6. The van der Waals surface area contributed by atoms with E-state index in [9.17, 15) is 0 Å². The lowest BCUT2D eigenvalue weighted by atomic mass is 9.62. The summed E-state index contributed by atoms with van der Waals surface area (Å²) in [5.41, 5.74) is 4.22. The summed E-state index contributed by atoms with van der Waals surface area (Å²) >= 11 is 0. The summed E-state index contributed by atoms with van der Waals surface area (Å²) in [6.07, 6.45) is 8.05. The third-order valence-corrected chi connectivity index (χ3v) is 8.57. The predicted molar refractivity (Wildman–Crippen MR) is 118 cm³/mol. The molecular weight excluding hydrogens is 376 g/mol. The van der Waals surface area contributed by atoms with Crippen molar-refractivity contribution in [3.8, 4) is 0 Å². The smallest absolute Gasteiger partial charge is 0.207 e. The molecular formula is C27H32F2N+. The number of halogens is 2. The number of hydrogen-bond acceptors (Lipinski definition) is 0. The normalized spacial score (nSPS) is 25.9. The highest BCUT2D eigenvalue weighted by Gasteiger charge is 2.52. The molecule has 0 bridgehead atoms. The average Bonchev–Trinajstić information content (AvgIpc) is 2.85. The van der Waals surface area contributed by atoms with E-state index in [1.807, 2.05) is 25.1 Å². The van der Waals surface area contributed by atoms with Crippen molar-refractivity contribution >= 4 is 16.3 Å². The van der Waals surface area contributed by atoms with Crippen molar-refractivity contribution in [2.75, 3.05) is 0 Å². The number of nitrogens with zero attached hydrogens (tertiary/aromatic N) is 1. The topological polar surface area (TPSA) is 3.88 Å². The number of aryl methyl sites for hydroxylation is 1. The van der Waals surface area contributed by atoms with E-state index in [4.69, 9.17) is 0 Å². The van der Waals surface area contributed by atoms with Gasteiger partial charge in [0.05, 0.1) is 5.39 Å². The molecule has 0 amide bonds. The van der Waals surface area contributed by atoms with Crippen LogP contribution < -0.4 is 4.57 Å². The minimum atomic E-state index is -0.497. The summed E-state index contributed by atoms with van der Waals surface area (Å²) in [6.45, 7) is 12.7. The molecule has 0 saturated carbocycles. The molecule has 1 aliphatic heterocycles.